The van der Waals surface area contributed by atoms with Gasteiger partial charge in [0.15, 0.2) is 0 Å². The molecule has 0 saturated carbocycles. The number of benzene rings is 2. The van der Waals surface area contributed by atoms with E-state index < -0.39 is 0 Å². The van der Waals surface area contributed by atoms with Crippen molar-refractivity contribution in [2.24, 2.45) is 0 Å². The molecular weight excluding hydrogens is 288 g/mol. The smallest absolute Gasteiger partial charge is 0.134 e. The van der Waals surface area contributed by atoms with Crippen molar-refractivity contribution in [3.63, 3.8) is 0 Å². The highest BCUT2D eigenvalue weighted by Gasteiger charge is 2.17. The molecule has 0 radical (unpaired) electrons. The fourth-order valence-electron chi connectivity index (χ4n) is 3.33. The molecular formula is C18H20N4O. The van der Waals surface area contributed by atoms with Gasteiger partial charge in [0.1, 0.15) is 17.9 Å². The lowest BCUT2D eigenvalue weighted by Crippen LogP contribution is -2.26. The third-order valence-electron chi connectivity index (χ3n) is 4.60. The molecule has 3 aromatic rings. The molecule has 0 bridgehead atoms. The summed E-state index contributed by atoms with van der Waals surface area (Å²) in [5.74, 6) is 2.05. The van der Waals surface area contributed by atoms with Crippen molar-refractivity contribution in [2.75, 3.05) is 20.2 Å². The summed E-state index contributed by atoms with van der Waals surface area (Å²) in [6.45, 7) is 3.82. The minimum absolute atomic E-state index is 0.892. The Morgan fingerprint density at radius 1 is 1.09 bits per heavy atom. The van der Waals surface area contributed by atoms with E-state index in [2.05, 4.69) is 56.1 Å². The highest BCUT2D eigenvalue weighted by atomic mass is 16.5. The van der Waals surface area contributed by atoms with Gasteiger partial charge in [0, 0.05) is 38.2 Å². The Morgan fingerprint density at radius 2 is 2.00 bits per heavy atom. The van der Waals surface area contributed by atoms with Gasteiger partial charge >= 0.3 is 0 Å². The molecule has 5 nitrogen and oxygen atoms in total. The van der Waals surface area contributed by atoms with Crippen molar-refractivity contribution in [1.29, 1.82) is 0 Å². The zero-order chi connectivity index (χ0) is 15.6. The second kappa shape index (κ2) is 6.01. The molecule has 1 aliphatic rings. The van der Waals surface area contributed by atoms with Crippen LogP contribution in [-0.2, 0) is 19.5 Å². The van der Waals surface area contributed by atoms with Crippen LogP contribution in [0.5, 0.6) is 5.75 Å². The summed E-state index contributed by atoms with van der Waals surface area (Å²) in [5, 5.41) is 10.7. The van der Waals surface area contributed by atoms with E-state index in [9.17, 15) is 0 Å². The van der Waals surface area contributed by atoms with E-state index in [0.717, 1.165) is 44.2 Å². The van der Waals surface area contributed by atoms with E-state index in [-0.39, 0.29) is 0 Å². The summed E-state index contributed by atoms with van der Waals surface area (Å²) in [7, 11) is 1.75. The van der Waals surface area contributed by atoms with Crippen LogP contribution < -0.4 is 4.74 Å². The molecule has 23 heavy (non-hydrogen) atoms. The van der Waals surface area contributed by atoms with Crippen LogP contribution in [-0.4, -0.2) is 39.9 Å². The molecule has 118 valence electrons. The molecule has 5 heteroatoms. The van der Waals surface area contributed by atoms with Gasteiger partial charge in [-0.2, -0.15) is 0 Å². The Balaban J connectivity index is 1.63. The predicted octanol–water partition coefficient (Wildman–Crippen LogP) is 2.50. The minimum Gasteiger partial charge on any atom is -0.496 e. The maximum absolute atomic E-state index is 5.62. The summed E-state index contributed by atoms with van der Waals surface area (Å²) >= 11 is 0. The van der Waals surface area contributed by atoms with E-state index in [1.54, 1.807) is 7.11 Å². The third-order valence-corrected chi connectivity index (χ3v) is 4.60. The van der Waals surface area contributed by atoms with Crippen LogP contribution in [0.2, 0.25) is 0 Å². The van der Waals surface area contributed by atoms with Crippen LogP contribution in [0.1, 0.15) is 11.4 Å². The van der Waals surface area contributed by atoms with Crippen LogP contribution in [0.4, 0.5) is 0 Å². The topological polar surface area (TPSA) is 43.2 Å². The maximum atomic E-state index is 5.62. The molecule has 0 N–H and O–H groups in total. The first kappa shape index (κ1) is 14.2. The Kier molecular flexibility index (Phi) is 3.71. The largest absolute Gasteiger partial charge is 0.496 e. The number of methoxy groups -OCH3 is 1. The average molecular weight is 308 g/mol. The van der Waals surface area contributed by atoms with Crippen LogP contribution in [0.15, 0.2) is 42.7 Å². The quantitative estimate of drug-likeness (QED) is 0.745. The van der Waals surface area contributed by atoms with Gasteiger partial charge in [-0.1, -0.05) is 30.3 Å². The molecule has 0 fully saturated rings. The molecule has 1 aromatic heterocycles. The summed E-state index contributed by atoms with van der Waals surface area (Å²) in [5.41, 5.74) is 1.27. The monoisotopic (exact) mass is 308 g/mol. The summed E-state index contributed by atoms with van der Waals surface area (Å²) < 4.78 is 7.77. The first-order chi connectivity index (χ1) is 11.3. The van der Waals surface area contributed by atoms with E-state index in [4.69, 9.17) is 4.74 Å². The van der Waals surface area contributed by atoms with Crippen LogP contribution >= 0.6 is 0 Å². The number of rotatable bonds is 3. The molecule has 2 aromatic carbocycles. The Labute approximate surface area is 135 Å². The molecule has 0 aliphatic carbocycles. The minimum atomic E-state index is 0.892. The van der Waals surface area contributed by atoms with Gasteiger partial charge in [-0.15, -0.1) is 10.2 Å². The zero-order valence-electron chi connectivity index (χ0n) is 13.3. The van der Waals surface area contributed by atoms with E-state index in [1.807, 2.05) is 6.33 Å². The first-order valence-electron chi connectivity index (χ1n) is 7.99. The van der Waals surface area contributed by atoms with E-state index in [0.29, 0.717) is 0 Å². The van der Waals surface area contributed by atoms with Crippen molar-refractivity contribution in [1.82, 2.24) is 19.7 Å². The number of fused-ring (bicyclic) bond motifs is 2. The van der Waals surface area contributed by atoms with Crippen molar-refractivity contribution < 1.29 is 4.74 Å². The standard InChI is InChI=1S/C18H20N4O/c1-23-17-7-6-14-4-2-3-5-15(14)16(17)12-21-9-8-18-20-19-13-22(18)11-10-21/h2-7,13H,8-12H2,1H3. The predicted molar refractivity (Wildman–Crippen MR) is 89.5 cm³/mol. The molecule has 0 unspecified atom stereocenters. The molecule has 0 saturated heterocycles. The molecule has 0 atom stereocenters. The summed E-state index contributed by atoms with van der Waals surface area (Å²) in [6.07, 6.45) is 2.77. The number of hydrogen-bond acceptors (Lipinski definition) is 4. The van der Waals surface area contributed by atoms with Gasteiger partial charge in [0.25, 0.3) is 0 Å². The zero-order valence-corrected chi connectivity index (χ0v) is 13.3. The molecule has 0 spiro atoms. The van der Waals surface area contributed by atoms with Gasteiger partial charge in [0.2, 0.25) is 0 Å². The maximum Gasteiger partial charge on any atom is 0.134 e. The van der Waals surface area contributed by atoms with Gasteiger partial charge in [-0.3, -0.25) is 4.90 Å². The first-order valence-corrected chi connectivity index (χ1v) is 7.99. The summed E-state index contributed by atoms with van der Waals surface area (Å²) in [4.78, 5) is 2.47. The van der Waals surface area contributed by atoms with Crippen molar-refractivity contribution in [3.05, 3.63) is 54.1 Å². The highest BCUT2D eigenvalue weighted by molar-refractivity contribution is 5.87. The molecule has 4 rings (SSSR count). The Bertz CT molecular complexity index is 804. The second-order valence-electron chi connectivity index (χ2n) is 5.93. The molecule has 2 heterocycles. The third kappa shape index (κ3) is 2.68. The lowest BCUT2D eigenvalue weighted by atomic mass is 10.0. The van der Waals surface area contributed by atoms with E-state index >= 15 is 0 Å². The van der Waals surface area contributed by atoms with Gasteiger partial charge in [0.05, 0.1) is 7.11 Å². The Morgan fingerprint density at radius 3 is 2.91 bits per heavy atom. The normalized spacial score (nSPS) is 15.3. The number of ether oxygens (including phenoxy) is 1. The van der Waals surface area contributed by atoms with Gasteiger partial charge in [-0.05, 0) is 16.8 Å². The van der Waals surface area contributed by atoms with Crippen LogP contribution in [0.25, 0.3) is 10.8 Å². The van der Waals surface area contributed by atoms with Gasteiger partial charge in [-0.25, -0.2) is 0 Å². The average Bonchev–Trinajstić information content (AvgIpc) is 2.96. The van der Waals surface area contributed by atoms with E-state index in [1.165, 1.54) is 16.3 Å². The van der Waals surface area contributed by atoms with Crippen molar-refractivity contribution in [2.45, 2.75) is 19.5 Å². The van der Waals surface area contributed by atoms with Crippen LogP contribution in [0.3, 0.4) is 0 Å². The number of nitrogens with zero attached hydrogens (tertiary/aromatic N) is 4. The van der Waals surface area contributed by atoms with Crippen LogP contribution in [0, 0.1) is 0 Å². The lowest BCUT2D eigenvalue weighted by Gasteiger charge is -2.22. The highest BCUT2D eigenvalue weighted by Crippen LogP contribution is 2.29. The lowest BCUT2D eigenvalue weighted by molar-refractivity contribution is 0.267. The fraction of sp³-hybridized carbons (Fsp3) is 0.333. The fourth-order valence-corrected chi connectivity index (χ4v) is 3.33. The number of aromatic nitrogens is 3. The summed E-state index contributed by atoms with van der Waals surface area (Å²) in [6, 6.07) is 12.7. The molecule has 1 aliphatic heterocycles. The molecule has 0 amide bonds. The van der Waals surface area contributed by atoms with Crippen molar-refractivity contribution >= 4 is 10.8 Å². The second-order valence-corrected chi connectivity index (χ2v) is 5.93. The number of hydrogen-bond donors (Lipinski definition) is 0. The van der Waals surface area contributed by atoms with Gasteiger partial charge < -0.3 is 9.30 Å². The SMILES string of the molecule is COc1ccc2ccccc2c1CN1CCc2nncn2CC1. The van der Waals surface area contributed by atoms with Crippen molar-refractivity contribution in [3.8, 4) is 5.75 Å². The Hall–Kier alpha value is -2.40.